The fourth-order valence-corrected chi connectivity index (χ4v) is 4.23. The second-order valence-electron chi connectivity index (χ2n) is 8.06. The van der Waals surface area contributed by atoms with Crippen LogP contribution in [-0.4, -0.2) is 50.2 Å². The molecule has 2 fully saturated rings. The minimum atomic E-state index is -0.421. The third-order valence-corrected chi connectivity index (χ3v) is 5.99. The highest BCUT2D eigenvalue weighted by Crippen LogP contribution is 2.40. The second kappa shape index (κ2) is 8.25. The maximum Gasteiger partial charge on any atom is 0.416 e. The van der Waals surface area contributed by atoms with Gasteiger partial charge in [0.1, 0.15) is 17.1 Å². The van der Waals surface area contributed by atoms with E-state index in [0.29, 0.717) is 18.3 Å². The van der Waals surface area contributed by atoms with Gasteiger partial charge in [-0.25, -0.2) is 4.79 Å². The zero-order chi connectivity index (χ0) is 21.1. The van der Waals surface area contributed by atoms with Crippen LogP contribution in [-0.2, 0) is 4.74 Å². The van der Waals surface area contributed by atoms with Crippen molar-refractivity contribution in [3.8, 4) is 11.4 Å². The molecule has 9 nitrogen and oxygen atoms in total. The van der Waals surface area contributed by atoms with E-state index in [2.05, 4.69) is 30.7 Å². The molecule has 5 rings (SSSR count). The molecule has 2 aliphatic rings. The van der Waals surface area contributed by atoms with Crippen LogP contribution in [0.1, 0.15) is 25.7 Å². The summed E-state index contributed by atoms with van der Waals surface area (Å²) in [6.45, 7) is 1.35. The quantitative estimate of drug-likeness (QED) is 0.674. The van der Waals surface area contributed by atoms with Gasteiger partial charge in [-0.3, -0.25) is 9.88 Å². The Morgan fingerprint density at radius 3 is 2.61 bits per heavy atom. The first-order valence-corrected chi connectivity index (χ1v) is 10.5. The Hall–Kier alpha value is -3.62. The largest absolute Gasteiger partial charge is 0.441 e. The number of pyridine rings is 1. The minimum absolute atomic E-state index is 0.333. The Balaban J connectivity index is 1.14. The third kappa shape index (κ3) is 4.16. The molecule has 31 heavy (non-hydrogen) atoms. The van der Waals surface area contributed by atoms with Crippen molar-refractivity contribution in [1.29, 1.82) is 0 Å². The number of carbonyl (C=O) groups excluding carboxylic acids is 1. The molecule has 1 aliphatic heterocycles. The number of ether oxygens (including phenoxy) is 1. The molecular formula is C22H23N7O2. The maximum absolute atomic E-state index is 12.4. The summed E-state index contributed by atoms with van der Waals surface area (Å²) in [6, 6.07) is 13.1. The van der Waals surface area contributed by atoms with Gasteiger partial charge in [-0.1, -0.05) is 6.07 Å². The predicted octanol–water partition coefficient (Wildman–Crippen LogP) is 3.33. The van der Waals surface area contributed by atoms with Crippen molar-refractivity contribution < 1.29 is 9.53 Å². The molecule has 0 bridgehead atoms. The number of carbonyl (C=O) groups is 1. The predicted molar refractivity (Wildman–Crippen MR) is 114 cm³/mol. The van der Waals surface area contributed by atoms with Crippen molar-refractivity contribution in [2.45, 2.75) is 31.3 Å². The van der Waals surface area contributed by atoms with E-state index in [9.17, 15) is 4.79 Å². The lowest BCUT2D eigenvalue weighted by Gasteiger charge is -2.35. The number of hydrogen-bond donors (Lipinski definition) is 1. The highest BCUT2D eigenvalue weighted by molar-refractivity contribution is 5.89. The minimum Gasteiger partial charge on any atom is -0.441 e. The molecule has 1 N–H and O–H groups in total. The normalized spacial score (nSPS) is 23.0. The van der Waals surface area contributed by atoms with E-state index in [0.717, 1.165) is 49.4 Å². The van der Waals surface area contributed by atoms with Crippen molar-refractivity contribution in [3.05, 3.63) is 54.9 Å². The number of nitrogens with zero attached hydrogens (tertiary/aromatic N) is 6. The first kappa shape index (κ1) is 19.3. The monoisotopic (exact) mass is 417 g/mol. The van der Waals surface area contributed by atoms with E-state index in [1.165, 1.54) is 0 Å². The molecule has 1 saturated carbocycles. The van der Waals surface area contributed by atoms with E-state index in [-0.39, 0.29) is 6.09 Å². The van der Waals surface area contributed by atoms with Crippen LogP contribution < -0.4 is 10.2 Å². The molecule has 3 aromatic heterocycles. The van der Waals surface area contributed by atoms with Gasteiger partial charge in [-0.15, -0.1) is 15.3 Å². The first-order chi connectivity index (χ1) is 15.2. The Bertz CT molecular complexity index is 1020. The van der Waals surface area contributed by atoms with Gasteiger partial charge < -0.3 is 10.1 Å². The van der Waals surface area contributed by atoms with Crippen LogP contribution in [0.3, 0.4) is 0 Å². The lowest BCUT2D eigenvalue weighted by atomic mass is 9.78. The highest BCUT2D eigenvalue weighted by Gasteiger charge is 2.48. The third-order valence-electron chi connectivity index (χ3n) is 5.99. The van der Waals surface area contributed by atoms with Gasteiger partial charge in [-0.05, 0) is 68.0 Å². The van der Waals surface area contributed by atoms with E-state index in [4.69, 9.17) is 4.74 Å². The summed E-state index contributed by atoms with van der Waals surface area (Å²) in [6.07, 6.45) is 6.64. The van der Waals surface area contributed by atoms with Gasteiger partial charge in [0.05, 0.1) is 12.2 Å². The van der Waals surface area contributed by atoms with Crippen LogP contribution in [0.4, 0.5) is 16.4 Å². The smallest absolute Gasteiger partial charge is 0.416 e. The van der Waals surface area contributed by atoms with Crippen LogP contribution in [0.15, 0.2) is 54.9 Å². The van der Waals surface area contributed by atoms with Crippen molar-refractivity contribution in [2.75, 3.05) is 23.3 Å². The SMILES string of the molecule is O=C1O[C@]2(CC[C@H](CNc3ccc(-c4ccccn4)nn3)CC2)CN1c1cccnn1. The standard InChI is InChI=1S/C22H23N7O2/c30-21-29(20-5-3-13-25-28-20)15-22(31-21)10-8-16(9-11-22)14-24-19-7-6-18(26-27-19)17-4-1-2-12-23-17/h1-7,12-13,16H,8-11,14-15H2,(H,24,27)/t16-,22-. The molecule has 1 spiro atoms. The molecule has 1 amide bonds. The number of nitrogens with one attached hydrogen (secondary N) is 1. The lowest BCUT2D eigenvalue weighted by molar-refractivity contribution is 0.0148. The number of aromatic nitrogens is 5. The number of anilines is 2. The van der Waals surface area contributed by atoms with Gasteiger partial charge in [-0.2, -0.15) is 5.10 Å². The molecular weight excluding hydrogens is 394 g/mol. The Kier molecular flexibility index (Phi) is 5.15. The number of hydrogen-bond acceptors (Lipinski definition) is 8. The summed E-state index contributed by atoms with van der Waals surface area (Å²) in [5.41, 5.74) is 1.14. The zero-order valence-corrected chi connectivity index (χ0v) is 17.0. The van der Waals surface area contributed by atoms with Gasteiger partial charge in [0.2, 0.25) is 0 Å². The Morgan fingerprint density at radius 2 is 1.90 bits per heavy atom. The molecule has 1 saturated heterocycles. The summed E-state index contributed by atoms with van der Waals surface area (Å²) < 4.78 is 5.79. The summed E-state index contributed by atoms with van der Waals surface area (Å²) in [7, 11) is 0. The van der Waals surface area contributed by atoms with E-state index < -0.39 is 5.60 Å². The van der Waals surface area contributed by atoms with Crippen LogP contribution >= 0.6 is 0 Å². The molecule has 4 heterocycles. The summed E-state index contributed by atoms with van der Waals surface area (Å²) in [5.74, 6) is 1.79. The molecule has 3 aromatic rings. The average molecular weight is 417 g/mol. The highest BCUT2D eigenvalue weighted by atomic mass is 16.6. The molecule has 9 heteroatoms. The van der Waals surface area contributed by atoms with Crippen LogP contribution in [0.5, 0.6) is 0 Å². The first-order valence-electron chi connectivity index (χ1n) is 10.5. The topological polar surface area (TPSA) is 106 Å². The Labute approximate surface area is 179 Å². The molecule has 0 aromatic carbocycles. The zero-order valence-electron chi connectivity index (χ0n) is 17.0. The van der Waals surface area contributed by atoms with E-state index in [1.807, 2.05) is 30.3 Å². The fraction of sp³-hybridized carbons (Fsp3) is 0.364. The van der Waals surface area contributed by atoms with Gasteiger partial charge in [0.25, 0.3) is 0 Å². The number of rotatable bonds is 5. The van der Waals surface area contributed by atoms with Crippen LogP contribution in [0, 0.1) is 5.92 Å². The van der Waals surface area contributed by atoms with Gasteiger partial charge >= 0.3 is 6.09 Å². The van der Waals surface area contributed by atoms with E-state index >= 15 is 0 Å². The lowest BCUT2D eigenvalue weighted by Crippen LogP contribution is -2.39. The van der Waals surface area contributed by atoms with Gasteiger partial charge in [0.15, 0.2) is 5.82 Å². The molecule has 1 aliphatic carbocycles. The van der Waals surface area contributed by atoms with Crippen molar-refractivity contribution in [2.24, 2.45) is 5.92 Å². The van der Waals surface area contributed by atoms with E-state index in [1.54, 1.807) is 29.4 Å². The van der Waals surface area contributed by atoms with Crippen molar-refractivity contribution >= 4 is 17.7 Å². The van der Waals surface area contributed by atoms with Crippen LogP contribution in [0.25, 0.3) is 11.4 Å². The maximum atomic E-state index is 12.4. The van der Waals surface area contributed by atoms with Crippen molar-refractivity contribution in [1.82, 2.24) is 25.4 Å². The summed E-state index contributed by atoms with van der Waals surface area (Å²) >= 11 is 0. The summed E-state index contributed by atoms with van der Waals surface area (Å²) in [5, 5.41) is 19.8. The van der Waals surface area contributed by atoms with Crippen LogP contribution in [0.2, 0.25) is 0 Å². The number of amides is 1. The second-order valence-corrected chi connectivity index (χ2v) is 8.06. The molecule has 158 valence electrons. The average Bonchev–Trinajstić information content (AvgIpc) is 3.16. The summed E-state index contributed by atoms with van der Waals surface area (Å²) in [4.78, 5) is 18.3. The van der Waals surface area contributed by atoms with Crippen molar-refractivity contribution in [3.63, 3.8) is 0 Å². The fourth-order valence-electron chi connectivity index (χ4n) is 4.23. The molecule has 0 atom stereocenters. The Morgan fingerprint density at radius 1 is 1.00 bits per heavy atom. The molecule has 0 radical (unpaired) electrons. The van der Waals surface area contributed by atoms with Gasteiger partial charge in [0, 0.05) is 18.9 Å². The molecule has 0 unspecified atom stereocenters.